The average Bonchev–Trinajstić information content (AvgIpc) is 2.29. The van der Waals surface area contributed by atoms with Crippen LogP contribution < -0.4 is 0 Å². The van der Waals surface area contributed by atoms with Crippen molar-refractivity contribution in [3.63, 3.8) is 0 Å². The first kappa shape index (κ1) is 14.6. The van der Waals surface area contributed by atoms with Gasteiger partial charge in [0.05, 0.1) is 9.82 Å². The lowest BCUT2D eigenvalue weighted by Crippen LogP contribution is -2.27. The molecule has 8 heteroatoms. The first-order chi connectivity index (χ1) is 8.30. The van der Waals surface area contributed by atoms with Crippen LogP contribution in [-0.4, -0.2) is 31.2 Å². The number of hydrogen-bond acceptors (Lipinski definition) is 4. The maximum absolute atomic E-state index is 12.0. The monoisotopic (exact) mass is 290 g/mol. The van der Waals surface area contributed by atoms with Gasteiger partial charge < -0.3 is 0 Å². The Morgan fingerprint density at radius 1 is 1.56 bits per heavy atom. The predicted octanol–water partition coefficient (Wildman–Crippen LogP) is 2.05. The lowest BCUT2D eigenvalue weighted by atomic mass is 10.3. The number of nitro groups is 1. The van der Waals surface area contributed by atoms with Crippen LogP contribution in [0.1, 0.15) is 0 Å². The van der Waals surface area contributed by atoms with Gasteiger partial charge in [0.2, 0.25) is 10.0 Å². The molecule has 0 aliphatic rings. The van der Waals surface area contributed by atoms with Crippen LogP contribution in [0.25, 0.3) is 0 Å². The van der Waals surface area contributed by atoms with Gasteiger partial charge in [0.15, 0.2) is 0 Å². The van der Waals surface area contributed by atoms with Crippen LogP contribution in [0.15, 0.2) is 35.7 Å². The molecule has 1 aromatic carbocycles. The van der Waals surface area contributed by atoms with Gasteiger partial charge in [-0.25, -0.2) is 8.42 Å². The van der Waals surface area contributed by atoms with Crippen molar-refractivity contribution in [2.24, 2.45) is 0 Å². The van der Waals surface area contributed by atoms with Gasteiger partial charge in [-0.15, -0.1) is 6.58 Å². The number of benzene rings is 1. The number of hydrogen-bond donors (Lipinski definition) is 0. The third-order valence-corrected chi connectivity index (χ3v) is 4.35. The molecule has 18 heavy (non-hydrogen) atoms. The van der Waals surface area contributed by atoms with E-state index < -0.39 is 20.6 Å². The maximum Gasteiger partial charge on any atom is 0.289 e. The number of nitro benzene ring substituents is 1. The molecule has 6 nitrogen and oxygen atoms in total. The van der Waals surface area contributed by atoms with Crippen LogP contribution >= 0.6 is 11.6 Å². The van der Waals surface area contributed by atoms with Gasteiger partial charge in [0, 0.05) is 19.7 Å². The fraction of sp³-hybridized carbons (Fsp3) is 0.200. The SMILES string of the molecule is C=CCN(C)S(=O)(=O)c1ccc(Cl)c([N+](=O)[O-])c1. The van der Waals surface area contributed by atoms with E-state index in [4.69, 9.17) is 11.6 Å². The summed E-state index contributed by atoms with van der Waals surface area (Å²) < 4.78 is 25.1. The first-order valence-corrected chi connectivity index (χ1v) is 6.63. The molecule has 0 aliphatic carbocycles. The molecule has 0 aliphatic heterocycles. The van der Waals surface area contributed by atoms with Crippen molar-refractivity contribution >= 4 is 27.3 Å². The molecule has 1 aromatic rings. The molecule has 0 radical (unpaired) electrons. The molecule has 0 aromatic heterocycles. The average molecular weight is 291 g/mol. The summed E-state index contributed by atoms with van der Waals surface area (Å²) >= 11 is 5.62. The smallest absolute Gasteiger partial charge is 0.258 e. The topological polar surface area (TPSA) is 80.5 Å². The molecule has 0 heterocycles. The highest BCUT2D eigenvalue weighted by Crippen LogP contribution is 2.28. The fourth-order valence-corrected chi connectivity index (χ4v) is 2.60. The van der Waals surface area contributed by atoms with Gasteiger partial charge in [-0.2, -0.15) is 4.31 Å². The third-order valence-electron chi connectivity index (χ3n) is 2.21. The molecule has 0 atom stereocenters. The van der Waals surface area contributed by atoms with E-state index in [1.807, 2.05) is 0 Å². The Morgan fingerprint density at radius 3 is 2.67 bits per heavy atom. The molecule has 0 saturated heterocycles. The normalized spacial score (nSPS) is 11.5. The van der Waals surface area contributed by atoms with E-state index in [-0.39, 0.29) is 16.5 Å². The molecule has 0 bridgehead atoms. The van der Waals surface area contributed by atoms with Gasteiger partial charge in [-0.05, 0) is 12.1 Å². The van der Waals surface area contributed by atoms with Crippen molar-refractivity contribution in [2.75, 3.05) is 13.6 Å². The molecule has 1 rings (SSSR count). The Morgan fingerprint density at radius 2 is 2.17 bits per heavy atom. The highest BCUT2D eigenvalue weighted by Gasteiger charge is 2.23. The Hall–Kier alpha value is -1.44. The Balaban J connectivity index is 3.30. The molecule has 98 valence electrons. The number of rotatable bonds is 5. The lowest BCUT2D eigenvalue weighted by Gasteiger charge is -2.14. The molecule has 0 fully saturated rings. The van der Waals surface area contributed by atoms with Crippen molar-refractivity contribution in [1.82, 2.24) is 4.31 Å². The number of sulfonamides is 1. The Bertz CT molecular complexity index is 586. The van der Waals surface area contributed by atoms with E-state index in [2.05, 4.69) is 6.58 Å². The van der Waals surface area contributed by atoms with E-state index in [9.17, 15) is 18.5 Å². The van der Waals surface area contributed by atoms with Crippen LogP contribution in [0.4, 0.5) is 5.69 Å². The summed E-state index contributed by atoms with van der Waals surface area (Å²) in [5.41, 5.74) is -0.440. The molecule has 0 amide bonds. The zero-order valence-corrected chi connectivity index (χ0v) is 11.1. The van der Waals surface area contributed by atoms with Crippen molar-refractivity contribution < 1.29 is 13.3 Å². The van der Waals surface area contributed by atoms with Crippen molar-refractivity contribution in [3.05, 3.63) is 46.0 Å². The highest BCUT2D eigenvalue weighted by atomic mass is 35.5. The van der Waals surface area contributed by atoms with Gasteiger partial charge in [0.25, 0.3) is 5.69 Å². The van der Waals surface area contributed by atoms with Crippen LogP contribution in [0, 0.1) is 10.1 Å². The molecule has 0 unspecified atom stereocenters. The van der Waals surface area contributed by atoms with Crippen LogP contribution in [0.5, 0.6) is 0 Å². The van der Waals surface area contributed by atoms with E-state index in [0.29, 0.717) is 0 Å². The molecular formula is C10H11ClN2O4S. The summed E-state index contributed by atoms with van der Waals surface area (Å²) in [4.78, 5) is 9.79. The standard InChI is InChI=1S/C10H11ClN2O4S/c1-3-6-12(2)18(16,17)8-4-5-9(11)10(7-8)13(14)15/h3-5,7H,1,6H2,2H3. The summed E-state index contributed by atoms with van der Waals surface area (Å²) in [5, 5.41) is 10.6. The van der Waals surface area contributed by atoms with E-state index in [1.54, 1.807) is 0 Å². The Kier molecular flexibility index (Phi) is 4.44. The second-order valence-corrected chi connectivity index (χ2v) is 5.90. The summed E-state index contributed by atoms with van der Waals surface area (Å²) in [6.45, 7) is 3.54. The van der Waals surface area contributed by atoms with Crippen molar-refractivity contribution in [3.8, 4) is 0 Å². The van der Waals surface area contributed by atoms with Crippen molar-refractivity contribution in [1.29, 1.82) is 0 Å². The second kappa shape index (κ2) is 5.47. The van der Waals surface area contributed by atoms with Crippen LogP contribution in [-0.2, 0) is 10.0 Å². The summed E-state index contributed by atoms with van der Waals surface area (Å²) in [6.07, 6.45) is 1.42. The first-order valence-electron chi connectivity index (χ1n) is 4.82. The third kappa shape index (κ3) is 2.87. The minimum atomic E-state index is -3.77. The van der Waals surface area contributed by atoms with E-state index in [1.165, 1.54) is 25.3 Å². The molecule has 0 spiro atoms. The Labute approximate surface area is 110 Å². The fourth-order valence-electron chi connectivity index (χ4n) is 1.25. The number of likely N-dealkylation sites (N-methyl/N-ethyl adjacent to an activating group) is 1. The highest BCUT2D eigenvalue weighted by molar-refractivity contribution is 7.89. The second-order valence-electron chi connectivity index (χ2n) is 3.44. The summed E-state index contributed by atoms with van der Waals surface area (Å²) in [6, 6.07) is 3.36. The largest absolute Gasteiger partial charge is 0.289 e. The molecule has 0 N–H and O–H groups in total. The van der Waals surface area contributed by atoms with Gasteiger partial charge in [-0.3, -0.25) is 10.1 Å². The van der Waals surface area contributed by atoms with E-state index in [0.717, 1.165) is 10.4 Å². The van der Waals surface area contributed by atoms with Gasteiger partial charge in [-0.1, -0.05) is 17.7 Å². The zero-order valence-electron chi connectivity index (χ0n) is 9.54. The zero-order chi connectivity index (χ0) is 13.9. The maximum atomic E-state index is 12.0. The number of nitrogens with zero attached hydrogens (tertiary/aromatic N) is 2. The van der Waals surface area contributed by atoms with Gasteiger partial charge >= 0.3 is 0 Å². The van der Waals surface area contributed by atoms with Crippen LogP contribution in [0.2, 0.25) is 5.02 Å². The van der Waals surface area contributed by atoms with Gasteiger partial charge in [0.1, 0.15) is 5.02 Å². The summed E-state index contributed by atoms with van der Waals surface area (Å²) in [5.74, 6) is 0. The summed E-state index contributed by atoms with van der Waals surface area (Å²) in [7, 11) is -2.42. The number of halogens is 1. The van der Waals surface area contributed by atoms with Crippen LogP contribution in [0.3, 0.4) is 0 Å². The predicted molar refractivity (Wildman–Crippen MR) is 68.1 cm³/mol. The minimum Gasteiger partial charge on any atom is -0.258 e. The van der Waals surface area contributed by atoms with E-state index >= 15 is 0 Å². The van der Waals surface area contributed by atoms with Crippen molar-refractivity contribution in [2.45, 2.75) is 4.90 Å². The quantitative estimate of drug-likeness (QED) is 0.472. The molecule has 0 saturated carbocycles. The lowest BCUT2D eigenvalue weighted by molar-refractivity contribution is -0.384. The minimum absolute atomic E-state index is 0.106. The molecular weight excluding hydrogens is 280 g/mol.